The van der Waals surface area contributed by atoms with Gasteiger partial charge in [0.2, 0.25) is 0 Å². The fraction of sp³-hybridized carbons (Fsp3) is 0. The van der Waals surface area contributed by atoms with E-state index in [4.69, 9.17) is 4.70 Å². The maximum atomic E-state index is 8.99. The van der Waals surface area contributed by atoms with E-state index in [1.807, 2.05) is 0 Å². The SMILES string of the molecule is N[B]B=O. The predicted molar refractivity (Wildman–Crippen MR) is 16.4 cm³/mol. The summed E-state index contributed by atoms with van der Waals surface area (Å²) >= 11 is 0. The van der Waals surface area contributed by atoms with E-state index >= 15 is 0 Å². The van der Waals surface area contributed by atoms with Crippen LogP contribution >= 0.6 is 0 Å². The molecule has 0 aromatic carbocycles. The van der Waals surface area contributed by atoms with Crippen LogP contribution in [0.25, 0.3) is 0 Å². The molecule has 2 nitrogen and oxygen atoms in total. The predicted octanol–water partition coefficient (Wildman–Crippen LogP) is -1.47. The molecule has 0 fully saturated rings. The minimum atomic E-state index is 0.528. The van der Waals surface area contributed by atoms with E-state index < -0.39 is 0 Å². The standard InChI is InChI=1S/B2H2NO/c3-1-2-4/h3H2. The molecule has 2 N–H and O–H groups in total. The van der Waals surface area contributed by atoms with Crippen molar-refractivity contribution in [3.05, 3.63) is 0 Å². The van der Waals surface area contributed by atoms with Gasteiger partial charge in [-0.3, -0.25) is 0 Å². The third kappa shape index (κ3) is 1.89. The van der Waals surface area contributed by atoms with Gasteiger partial charge in [0.1, 0.15) is 0 Å². The summed E-state index contributed by atoms with van der Waals surface area (Å²) in [4.78, 5) is 0. The molecule has 4 heteroatoms. The van der Waals surface area contributed by atoms with Crippen molar-refractivity contribution in [3.63, 3.8) is 0 Å². The van der Waals surface area contributed by atoms with Gasteiger partial charge in [0.25, 0.3) is 0 Å². The van der Waals surface area contributed by atoms with E-state index in [9.17, 15) is 0 Å². The van der Waals surface area contributed by atoms with E-state index in [1.54, 1.807) is 0 Å². The average molecular weight is 53.6 g/mol. The van der Waals surface area contributed by atoms with E-state index in [0.29, 0.717) is 7.04 Å². The first-order valence-corrected chi connectivity index (χ1v) is 0.902. The molecule has 0 unspecified atom stereocenters. The molecule has 0 saturated heterocycles. The molecule has 0 aliphatic rings. The van der Waals surface area contributed by atoms with Gasteiger partial charge < -0.3 is 0 Å². The summed E-state index contributed by atoms with van der Waals surface area (Å²) in [6.07, 6.45) is 0. The van der Waals surface area contributed by atoms with E-state index in [-0.39, 0.29) is 0 Å². The van der Waals surface area contributed by atoms with Crippen molar-refractivity contribution in [3.8, 4) is 0 Å². The van der Waals surface area contributed by atoms with Gasteiger partial charge in [-0.05, 0) is 0 Å². The van der Waals surface area contributed by atoms with Gasteiger partial charge >= 0.3 is 24.7 Å². The first-order chi connectivity index (χ1) is 1.91. The van der Waals surface area contributed by atoms with E-state index in [0.717, 1.165) is 7.31 Å². The summed E-state index contributed by atoms with van der Waals surface area (Å²) in [7, 11) is 1.47. The molecule has 0 amide bonds. The monoisotopic (exact) mass is 54.0 g/mol. The second kappa shape index (κ2) is 2.89. The minimum absolute atomic E-state index is 0.528. The van der Waals surface area contributed by atoms with Gasteiger partial charge in [0.05, 0.1) is 0 Å². The van der Waals surface area contributed by atoms with Crippen LogP contribution in [-0.2, 0) is 4.70 Å². The molecule has 0 rings (SSSR count). The van der Waals surface area contributed by atoms with Crippen LogP contribution in [0.1, 0.15) is 0 Å². The molecule has 0 aliphatic heterocycles. The van der Waals surface area contributed by atoms with Gasteiger partial charge in [0.15, 0.2) is 0 Å². The van der Waals surface area contributed by atoms with Crippen LogP contribution in [0.5, 0.6) is 0 Å². The van der Waals surface area contributed by atoms with Crippen LogP contribution in [0.2, 0.25) is 0 Å². The molecule has 0 aromatic rings. The van der Waals surface area contributed by atoms with Crippen LogP contribution in [0.3, 0.4) is 0 Å². The third-order valence-electron chi connectivity index (χ3n) is 0.0786. The Kier molecular flexibility index (Phi) is 2.81. The first kappa shape index (κ1) is 3.89. The molecule has 0 heterocycles. The average Bonchev–Trinajstić information content (AvgIpc) is 1.37. The van der Waals surface area contributed by atoms with E-state index in [2.05, 4.69) is 5.64 Å². The zero-order valence-electron chi connectivity index (χ0n) is 2.14. The molecular weight excluding hydrogens is 51.6 g/mol. The Morgan fingerprint density at radius 2 is 2.00 bits per heavy atom. The molecular formula is H2B2NO. The first-order valence-electron chi connectivity index (χ1n) is 0.902. The molecule has 0 saturated carbocycles. The topological polar surface area (TPSA) is 43.1 Å². The van der Waals surface area contributed by atoms with Crippen molar-refractivity contribution in [2.45, 2.75) is 0 Å². The van der Waals surface area contributed by atoms with E-state index in [1.165, 1.54) is 0 Å². The molecule has 0 bridgehead atoms. The molecule has 0 aromatic heterocycles. The van der Waals surface area contributed by atoms with Crippen LogP contribution in [-0.4, -0.2) is 14.3 Å². The van der Waals surface area contributed by atoms with Gasteiger partial charge in [-0.1, -0.05) is 0 Å². The van der Waals surface area contributed by atoms with Crippen molar-refractivity contribution in [2.24, 2.45) is 5.64 Å². The summed E-state index contributed by atoms with van der Waals surface area (Å²) in [6.45, 7) is 0. The molecule has 1 radical (unpaired) electrons. The van der Waals surface area contributed by atoms with Crippen molar-refractivity contribution >= 4 is 14.3 Å². The van der Waals surface area contributed by atoms with Crippen molar-refractivity contribution in [2.75, 3.05) is 0 Å². The van der Waals surface area contributed by atoms with Crippen LogP contribution in [0, 0.1) is 0 Å². The fourth-order valence-electron chi connectivity index (χ4n) is 0. The third-order valence-corrected chi connectivity index (χ3v) is 0.0786. The molecule has 0 atom stereocenters. The maximum absolute atomic E-state index is 8.99. The van der Waals surface area contributed by atoms with Crippen molar-refractivity contribution in [1.82, 2.24) is 0 Å². The summed E-state index contributed by atoms with van der Waals surface area (Å²) in [5.41, 5.74) is 4.53. The second-order valence-electron chi connectivity index (χ2n) is 0.329. The molecule has 4 heavy (non-hydrogen) atoms. The van der Waals surface area contributed by atoms with Crippen molar-refractivity contribution < 1.29 is 4.70 Å². The summed E-state index contributed by atoms with van der Waals surface area (Å²) in [5.74, 6) is 0. The Bertz CT molecular complexity index is 20.0. The molecule has 0 aliphatic carbocycles. The quantitative estimate of drug-likeness (QED) is 0.371. The van der Waals surface area contributed by atoms with Gasteiger partial charge in [-0.15, -0.1) is 0 Å². The van der Waals surface area contributed by atoms with Crippen LogP contribution < -0.4 is 5.64 Å². The zero-order valence-corrected chi connectivity index (χ0v) is 2.14. The fourth-order valence-corrected chi connectivity index (χ4v) is 0. The van der Waals surface area contributed by atoms with Crippen LogP contribution in [0.15, 0.2) is 0 Å². The Balaban J connectivity index is 2.30. The Morgan fingerprint density at radius 1 is 1.75 bits per heavy atom. The zero-order chi connectivity index (χ0) is 3.41. The Labute approximate surface area is 25.9 Å². The van der Waals surface area contributed by atoms with Gasteiger partial charge in [0, 0.05) is 0 Å². The second-order valence-corrected chi connectivity index (χ2v) is 0.329. The summed E-state index contributed by atoms with van der Waals surface area (Å²) < 4.78 is 8.99. The Hall–Kier alpha value is -0.110. The van der Waals surface area contributed by atoms with Gasteiger partial charge in [-0.25, -0.2) is 0 Å². The number of hydrogen-bond donors (Lipinski definition) is 1. The summed E-state index contributed by atoms with van der Waals surface area (Å²) in [6, 6.07) is 0. The normalized spacial score (nSPS) is 4.25. The molecule has 19 valence electrons. The molecule has 0 spiro atoms. The van der Waals surface area contributed by atoms with Gasteiger partial charge in [-0.2, -0.15) is 0 Å². The summed E-state index contributed by atoms with van der Waals surface area (Å²) in [5, 5.41) is 0. The number of hydrogen-bond acceptors (Lipinski definition) is 2. The Morgan fingerprint density at radius 3 is 2.00 bits per heavy atom. The van der Waals surface area contributed by atoms with Crippen molar-refractivity contribution in [1.29, 1.82) is 0 Å². The van der Waals surface area contributed by atoms with Crippen LogP contribution in [0.4, 0.5) is 0 Å². The number of nitrogens with two attached hydrogens (primary N) is 1. The number of rotatable bonds is 1.